The Morgan fingerprint density at radius 1 is 1.07 bits per heavy atom. The van der Waals surface area contributed by atoms with Gasteiger partial charge in [0, 0.05) is 0 Å². The van der Waals surface area contributed by atoms with E-state index < -0.39 is 0 Å². The lowest BCUT2D eigenvalue weighted by Crippen LogP contribution is -2.37. The number of hydrogen-bond acceptors (Lipinski definition) is 6. The molecule has 2 unspecified atom stereocenters. The smallest absolute Gasteiger partial charge is 0.277 e. The number of ether oxygens (including phenoxy) is 1. The standard InChI is InChI=1S/C23H27N3O3S/c1-15(2)21(22(27)24-16(3)18-8-6-5-7-9-18)30-23-26-25-20(29-23)14-17-10-12-19(28-4)13-11-17/h5-13,15-16,21H,14H2,1-4H3,(H,24,27). The molecule has 3 rings (SSSR count). The number of amides is 1. The minimum absolute atomic E-state index is 0.0405. The number of methoxy groups -OCH3 is 1. The van der Waals surface area contributed by atoms with Crippen LogP contribution in [0, 0.1) is 5.92 Å². The van der Waals surface area contributed by atoms with Crippen LogP contribution in [0.25, 0.3) is 0 Å². The predicted octanol–water partition coefficient (Wildman–Crippen LogP) is 4.66. The molecule has 0 saturated carbocycles. The second-order valence-electron chi connectivity index (χ2n) is 7.41. The van der Waals surface area contributed by atoms with Crippen molar-refractivity contribution < 1.29 is 13.9 Å². The zero-order valence-electron chi connectivity index (χ0n) is 17.7. The summed E-state index contributed by atoms with van der Waals surface area (Å²) in [7, 11) is 1.64. The van der Waals surface area contributed by atoms with Gasteiger partial charge in [-0.3, -0.25) is 4.79 Å². The molecule has 1 heterocycles. The van der Waals surface area contributed by atoms with Crippen LogP contribution in [0.15, 0.2) is 64.2 Å². The minimum atomic E-state index is -0.328. The molecule has 6 nitrogen and oxygen atoms in total. The number of carbonyl (C=O) groups excluding carboxylic acids is 1. The van der Waals surface area contributed by atoms with Crippen molar-refractivity contribution in [2.45, 2.75) is 43.7 Å². The van der Waals surface area contributed by atoms with Gasteiger partial charge in [-0.25, -0.2) is 0 Å². The van der Waals surface area contributed by atoms with Crippen LogP contribution in [-0.4, -0.2) is 28.5 Å². The van der Waals surface area contributed by atoms with Crippen LogP contribution in [-0.2, 0) is 11.2 Å². The summed E-state index contributed by atoms with van der Waals surface area (Å²) in [5.41, 5.74) is 2.11. The first kappa shape index (κ1) is 21.9. The van der Waals surface area contributed by atoms with Gasteiger partial charge in [0.2, 0.25) is 11.8 Å². The Balaban J connectivity index is 1.62. The van der Waals surface area contributed by atoms with Crippen molar-refractivity contribution in [3.8, 4) is 5.75 Å². The van der Waals surface area contributed by atoms with Gasteiger partial charge in [-0.1, -0.05) is 68.1 Å². The Kier molecular flexibility index (Phi) is 7.52. The van der Waals surface area contributed by atoms with Crippen molar-refractivity contribution in [2.24, 2.45) is 5.92 Å². The highest BCUT2D eigenvalue weighted by atomic mass is 32.2. The second-order valence-corrected chi connectivity index (χ2v) is 8.50. The summed E-state index contributed by atoms with van der Waals surface area (Å²) < 4.78 is 11.0. The number of rotatable bonds is 9. The van der Waals surface area contributed by atoms with Crippen LogP contribution >= 0.6 is 11.8 Å². The molecule has 7 heteroatoms. The van der Waals surface area contributed by atoms with E-state index in [1.165, 1.54) is 11.8 Å². The summed E-state index contributed by atoms with van der Waals surface area (Å²) in [5, 5.41) is 11.4. The van der Waals surface area contributed by atoms with Crippen molar-refractivity contribution in [2.75, 3.05) is 7.11 Å². The molecule has 0 fully saturated rings. The third-order valence-electron chi connectivity index (χ3n) is 4.71. The monoisotopic (exact) mass is 425 g/mol. The first-order valence-electron chi connectivity index (χ1n) is 9.93. The molecule has 1 amide bonds. The Morgan fingerprint density at radius 2 is 1.77 bits per heavy atom. The lowest BCUT2D eigenvalue weighted by atomic mass is 10.1. The lowest BCUT2D eigenvalue weighted by molar-refractivity contribution is -0.121. The number of benzene rings is 2. The topological polar surface area (TPSA) is 77.2 Å². The van der Waals surface area contributed by atoms with Crippen molar-refractivity contribution in [1.82, 2.24) is 15.5 Å². The molecule has 30 heavy (non-hydrogen) atoms. The second kappa shape index (κ2) is 10.3. The molecule has 0 radical (unpaired) electrons. The van der Waals surface area contributed by atoms with Gasteiger partial charge in [-0.15, -0.1) is 10.2 Å². The molecule has 0 aliphatic heterocycles. The highest BCUT2D eigenvalue weighted by Crippen LogP contribution is 2.28. The zero-order valence-corrected chi connectivity index (χ0v) is 18.5. The van der Waals surface area contributed by atoms with Crippen molar-refractivity contribution in [3.05, 3.63) is 71.6 Å². The Hall–Kier alpha value is -2.80. The van der Waals surface area contributed by atoms with E-state index in [0.29, 0.717) is 17.5 Å². The largest absolute Gasteiger partial charge is 0.497 e. The van der Waals surface area contributed by atoms with Crippen molar-refractivity contribution in [3.63, 3.8) is 0 Å². The minimum Gasteiger partial charge on any atom is -0.497 e. The average molecular weight is 426 g/mol. The van der Waals surface area contributed by atoms with Crippen molar-refractivity contribution in [1.29, 1.82) is 0 Å². The van der Waals surface area contributed by atoms with E-state index in [0.717, 1.165) is 16.9 Å². The van der Waals surface area contributed by atoms with Crippen LogP contribution < -0.4 is 10.1 Å². The molecule has 158 valence electrons. The first-order valence-corrected chi connectivity index (χ1v) is 10.8. The van der Waals surface area contributed by atoms with Crippen LogP contribution in [0.3, 0.4) is 0 Å². The molecule has 1 aromatic heterocycles. The van der Waals surface area contributed by atoms with Crippen molar-refractivity contribution >= 4 is 17.7 Å². The number of thioether (sulfide) groups is 1. The number of nitrogens with one attached hydrogen (secondary N) is 1. The molecule has 0 aliphatic carbocycles. The zero-order chi connectivity index (χ0) is 21.5. The molecule has 1 N–H and O–H groups in total. The molecule has 3 aromatic rings. The summed E-state index contributed by atoms with van der Waals surface area (Å²) in [6.07, 6.45) is 0.529. The summed E-state index contributed by atoms with van der Waals surface area (Å²) >= 11 is 1.31. The normalized spacial score (nSPS) is 13.1. The molecule has 0 bridgehead atoms. The van der Waals surface area contributed by atoms with Crippen LogP contribution in [0.4, 0.5) is 0 Å². The summed E-state index contributed by atoms with van der Waals surface area (Å²) in [4.78, 5) is 12.9. The number of aromatic nitrogens is 2. The lowest BCUT2D eigenvalue weighted by Gasteiger charge is -2.21. The third-order valence-corrected chi connectivity index (χ3v) is 6.09. The van der Waals surface area contributed by atoms with E-state index in [2.05, 4.69) is 15.5 Å². The Morgan fingerprint density at radius 3 is 2.40 bits per heavy atom. The quantitative estimate of drug-likeness (QED) is 0.502. The maximum atomic E-state index is 12.9. The summed E-state index contributed by atoms with van der Waals surface area (Å²) in [6, 6.07) is 17.6. The maximum absolute atomic E-state index is 12.9. The van der Waals surface area contributed by atoms with E-state index in [9.17, 15) is 4.79 Å². The van der Waals surface area contributed by atoms with E-state index in [1.807, 2.05) is 75.4 Å². The third kappa shape index (κ3) is 5.86. The first-order chi connectivity index (χ1) is 14.5. The summed E-state index contributed by atoms with van der Waals surface area (Å²) in [6.45, 7) is 6.01. The molecule has 0 saturated heterocycles. The van der Waals surface area contributed by atoms with E-state index in [4.69, 9.17) is 9.15 Å². The van der Waals surface area contributed by atoms with Gasteiger partial charge in [-0.05, 0) is 36.1 Å². The molecular weight excluding hydrogens is 398 g/mol. The van der Waals surface area contributed by atoms with Gasteiger partial charge < -0.3 is 14.5 Å². The Bertz CT molecular complexity index is 942. The maximum Gasteiger partial charge on any atom is 0.277 e. The van der Waals surface area contributed by atoms with Gasteiger partial charge in [0.25, 0.3) is 5.22 Å². The van der Waals surface area contributed by atoms with Gasteiger partial charge in [-0.2, -0.15) is 0 Å². The highest BCUT2D eigenvalue weighted by Gasteiger charge is 2.27. The highest BCUT2D eigenvalue weighted by molar-refractivity contribution is 8.00. The molecule has 2 atom stereocenters. The number of hydrogen-bond donors (Lipinski definition) is 1. The van der Waals surface area contributed by atoms with Crippen LogP contribution in [0.2, 0.25) is 0 Å². The fourth-order valence-electron chi connectivity index (χ4n) is 3.00. The predicted molar refractivity (Wildman–Crippen MR) is 118 cm³/mol. The van der Waals surface area contributed by atoms with E-state index in [-0.39, 0.29) is 23.1 Å². The average Bonchev–Trinajstić information content (AvgIpc) is 3.19. The number of nitrogens with zero attached hydrogens (tertiary/aromatic N) is 2. The fraction of sp³-hybridized carbons (Fsp3) is 0.348. The van der Waals surface area contributed by atoms with Gasteiger partial charge in [0.1, 0.15) is 5.75 Å². The fourth-order valence-corrected chi connectivity index (χ4v) is 3.89. The molecule has 0 spiro atoms. The molecular formula is C23H27N3O3S. The van der Waals surface area contributed by atoms with Crippen LogP contribution in [0.5, 0.6) is 5.75 Å². The molecule has 2 aromatic carbocycles. The van der Waals surface area contributed by atoms with E-state index in [1.54, 1.807) is 7.11 Å². The number of carbonyl (C=O) groups is 1. The SMILES string of the molecule is COc1ccc(Cc2nnc(SC(C(=O)NC(C)c3ccccc3)C(C)C)o2)cc1. The van der Waals surface area contributed by atoms with Crippen LogP contribution in [0.1, 0.15) is 43.8 Å². The van der Waals surface area contributed by atoms with E-state index >= 15 is 0 Å². The van der Waals surface area contributed by atoms with Gasteiger partial charge >= 0.3 is 0 Å². The van der Waals surface area contributed by atoms with Gasteiger partial charge in [0.05, 0.1) is 24.8 Å². The summed E-state index contributed by atoms with van der Waals surface area (Å²) in [5.74, 6) is 1.38. The molecule has 0 aliphatic rings. The Labute approximate surface area is 181 Å². The van der Waals surface area contributed by atoms with Gasteiger partial charge in [0.15, 0.2) is 0 Å².